The van der Waals surface area contributed by atoms with E-state index in [9.17, 15) is 12.8 Å². The maximum atomic E-state index is 13.6. The third kappa shape index (κ3) is 4.77. The smallest absolute Gasteiger partial charge is 0.265 e. The van der Waals surface area contributed by atoms with E-state index in [-0.39, 0.29) is 22.2 Å². The van der Waals surface area contributed by atoms with Crippen molar-refractivity contribution in [3.05, 3.63) is 78.1 Å². The minimum atomic E-state index is -4.07. The molecule has 0 bridgehead atoms. The molecule has 0 amide bonds. The Morgan fingerprint density at radius 3 is 2.36 bits per heavy atom. The molecule has 2 aromatic heterocycles. The standard InChI is InChI=1S/C22H20FN5O4S/c1-14-15(2)28(13-24-14)21-10-11-22(26-25-21)32-18-7-5-17(6-8-18)27-33(29,30)20-12-16(23)4-9-19(20)31-3/h4-13,27H,1-3H3. The molecule has 2 aromatic carbocycles. The van der Waals surface area contributed by atoms with Crippen molar-refractivity contribution in [3.8, 4) is 23.2 Å². The van der Waals surface area contributed by atoms with Gasteiger partial charge in [0, 0.05) is 17.4 Å². The molecule has 0 saturated heterocycles. The molecule has 9 nitrogen and oxygen atoms in total. The minimum Gasteiger partial charge on any atom is -0.495 e. The van der Waals surface area contributed by atoms with Crippen LogP contribution >= 0.6 is 0 Å². The Morgan fingerprint density at radius 2 is 1.76 bits per heavy atom. The predicted octanol–water partition coefficient (Wildman–Crippen LogP) is 4.02. The molecule has 4 aromatic rings. The van der Waals surface area contributed by atoms with Crippen molar-refractivity contribution >= 4 is 15.7 Å². The normalized spacial score (nSPS) is 11.3. The number of aryl methyl sites for hydroxylation is 1. The number of imidazole rings is 1. The number of hydrogen-bond donors (Lipinski definition) is 1. The van der Waals surface area contributed by atoms with Crippen LogP contribution in [0.25, 0.3) is 5.82 Å². The van der Waals surface area contributed by atoms with Crippen molar-refractivity contribution in [3.63, 3.8) is 0 Å². The second-order valence-electron chi connectivity index (χ2n) is 7.04. The van der Waals surface area contributed by atoms with Crippen molar-refractivity contribution in [2.75, 3.05) is 11.8 Å². The highest BCUT2D eigenvalue weighted by molar-refractivity contribution is 7.92. The average molecular weight is 469 g/mol. The monoisotopic (exact) mass is 469 g/mol. The Kier molecular flexibility index (Phi) is 5.97. The number of nitrogens with zero attached hydrogens (tertiary/aromatic N) is 4. The second kappa shape index (κ2) is 8.87. The summed E-state index contributed by atoms with van der Waals surface area (Å²) in [6, 6.07) is 12.9. The van der Waals surface area contributed by atoms with Gasteiger partial charge >= 0.3 is 0 Å². The van der Waals surface area contributed by atoms with Crippen LogP contribution in [0.15, 0.2) is 65.8 Å². The van der Waals surface area contributed by atoms with E-state index in [1.807, 2.05) is 18.4 Å². The van der Waals surface area contributed by atoms with Gasteiger partial charge in [-0.05, 0) is 62.4 Å². The SMILES string of the molecule is COc1ccc(F)cc1S(=O)(=O)Nc1ccc(Oc2ccc(-n3cnc(C)c3C)nn2)cc1. The van der Waals surface area contributed by atoms with Crippen LogP contribution in [0.2, 0.25) is 0 Å². The van der Waals surface area contributed by atoms with E-state index < -0.39 is 15.8 Å². The van der Waals surface area contributed by atoms with Crippen LogP contribution in [-0.2, 0) is 10.0 Å². The molecule has 11 heteroatoms. The van der Waals surface area contributed by atoms with E-state index in [1.165, 1.54) is 25.3 Å². The predicted molar refractivity (Wildman–Crippen MR) is 119 cm³/mol. The first kappa shape index (κ1) is 22.2. The molecule has 1 N–H and O–H groups in total. The molecule has 0 spiro atoms. The molecule has 0 aliphatic rings. The van der Waals surface area contributed by atoms with Crippen LogP contribution < -0.4 is 14.2 Å². The molecule has 0 fully saturated rings. The molecule has 0 aliphatic heterocycles. The lowest BCUT2D eigenvalue weighted by atomic mass is 10.3. The topological polar surface area (TPSA) is 108 Å². The number of aromatic nitrogens is 4. The van der Waals surface area contributed by atoms with Crippen LogP contribution in [-0.4, -0.2) is 35.3 Å². The number of benzene rings is 2. The van der Waals surface area contributed by atoms with Crippen LogP contribution in [0, 0.1) is 19.7 Å². The van der Waals surface area contributed by atoms with Gasteiger partial charge in [-0.2, -0.15) is 0 Å². The molecular weight excluding hydrogens is 449 g/mol. The highest BCUT2D eigenvalue weighted by atomic mass is 32.2. The lowest BCUT2D eigenvalue weighted by Crippen LogP contribution is -2.14. The molecule has 170 valence electrons. The van der Waals surface area contributed by atoms with Crippen molar-refractivity contribution in [2.24, 2.45) is 0 Å². The molecule has 4 rings (SSSR count). The summed E-state index contributed by atoms with van der Waals surface area (Å²) in [6.45, 7) is 3.85. The van der Waals surface area contributed by atoms with Crippen LogP contribution in [0.3, 0.4) is 0 Å². The van der Waals surface area contributed by atoms with Crippen molar-refractivity contribution in [2.45, 2.75) is 18.7 Å². The van der Waals surface area contributed by atoms with Crippen LogP contribution in [0.5, 0.6) is 17.4 Å². The van der Waals surface area contributed by atoms with Crippen molar-refractivity contribution < 1.29 is 22.3 Å². The summed E-state index contributed by atoms with van der Waals surface area (Å²) in [4.78, 5) is 3.94. The van der Waals surface area contributed by atoms with Crippen LogP contribution in [0.1, 0.15) is 11.4 Å². The van der Waals surface area contributed by atoms with Gasteiger partial charge < -0.3 is 9.47 Å². The van der Waals surface area contributed by atoms with E-state index in [2.05, 4.69) is 19.9 Å². The minimum absolute atomic E-state index is 0.0342. The van der Waals surface area contributed by atoms with E-state index in [0.717, 1.165) is 23.5 Å². The van der Waals surface area contributed by atoms with Crippen LogP contribution in [0.4, 0.5) is 10.1 Å². The van der Waals surface area contributed by atoms with Gasteiger partial charge in [-0.3, -0.25) is 9.29 Å². The highest BCUT2D eigenvalue weighted by Gasteiger charge is 2.20. The molecule has 0 unspecified atom stereocenters. The fraction of sp³-hybridized carbons (Fsp3) is 0.136. The largest absolute Gasteiger partial charge is 0.495 e. The Bertz CT molecular complexity index is 1390. The third-order valence-corrected chi connectivity index (χ3v) is 6.27. The third-order valence-electron chi connectivity index (χ3n) is 4.87. The first-order valence-corrected chi connectivity index (χ1v) is 11.2. The molecular formula is C22H20FN5O4S. The molecule has 33 heavy (non-hydrogen) atoms. The van der Waals surface area contributed by atoms with Crippen molar-refractivity contribution in [1.82, 2.24) is 19.7 Å². The Morgan fingerprint density at radius 1 is 1.00 bits per heavy atom. The molecule has 0 radical (unpaired) electrons. The van der Waals surface area contributed by atoms with E-state index in [4.69, 9.17) is 9.47 Å². The number of ether oxygens (including phenoxy) is 2. The molecule has 2 heterocycles. The molecule has 0 aliphatic carbocycles. The summed E-state index contributed by atoms with van der Waals surface area (Å²) >= 11 is 0. The average Bonchev–Trinajstić information content (AvgIpc) is 3.14. The van der Waals surface area contributed by atoms with Crippen molar-refractivity contribution in [1.29, 1.82) is 0 Å². The summed E-state index contributed by atoms with van der Waals surface area (Å²) in [5.41, 5.74) is 2.14. The number of anilines is 1. The van der Waals surface area contributed by atoms with Gasteiger partial charge in [-0.25, -0.2) is 17.8 Å². The summed E-state index contributed by atoms with van der Waals surface area (Å²) in [6.07, 6.45) is 1.68. The molecule has 0 saturated carbocycles. The first-order chi connectivity index (χ1) is 15.8. The second-order valence-corrected chi connectivity index (χ2v) is 8.69. The Labute approximate surface area is 189 Å². The van der Waals surface area contributed by atoms with Gasteiger partial charge in [-0.1, -0.05) is 0 Å². The number of halogens is 1. The Balaban J connectivity index is 1.47. The summed E-state index contributed by atoms with van der Waals surface area (Å²) < 4.78 is 53.8. The quantitative estimate of drug-likeness (QED) is 0.435. The molecule has 0 atom stereocenters. The lowest BCUT2D eigenvalue weighted by Gasteiger charge is -2.12. The van der Waals surface area contributed by atoms with Gasteiger partial charge in [0.25, 0.3) is 10.0 Å². The number of methoxy groups -OCH3 is 1. The van der Waals surface area contributed by atoms with Gasteiger partial charge in [-0.15, -0.1) is 10.2 Å². The highest BCUT2D eigenvalue weighted by Crippen LogP contribution is 2.28. The zero-order chi connectivity index (χ0) is 23.6. The summed E-state index contributed by atoms with van der Waals surface area (Å²) in [5.74, 6) is 0.652. The first-order valence-electron chi connectivity index (χ1n) is 9.76. The lowest BCUT2D eigenvalue weighted by molar-refractivity contribution is 0.401. The number of rotatable bonds is 7. The van der Waals surface area contributed by atoms with E-state index >= 15 is 0 Å². The summed E-state index contributed by atoms with van der Waals surface area (Å²) in [7, 11) is -2.76. The maximum absolute atomic E-state index is 13.6. The van der Waals surface area contributed by atoms with E-state index in [1.54, 1.807) is 30.6 Å². The number of sulfonamides is 1. The van der Waals surface area contributed by atoms with E-state index in [0.29, 0.717) is 11.6 Å². The van der Waals surface area contributed by atoms with Gasteiger partial charge in [0.1, 0.15) is 28.5 Å². The van der Waals surface area contributed by atoms with Gasteiger partial charge in [0.05, 0.1) is 12.8 Å². The van der Waals surface area contributed by atoms with Gasteiger partial charge in [0.15, 0.2) is 5.82 Å². The Hall–Kier alpha value is -3.99. The fourth-order valence-electron chi connectivity index (χ4n) is 3.01. The number of nitrogens with one attached hydrogen (secondary N) is 1. The zero-order valence-corrected chi connectivity index (χ0v) is 18.8. The fourth-order valence-corrected chi connectivity index (χ4v) is 4.25. The summed E-state index contributed by atoms with van der Waals surface area (Å²) in [5, 5.41) is 8.22. The number of hydrogen-bond acceptors (Lipinski definition) is 7. The zero-order valence-electron chi connectivity index (χ0n) is 18.0. The van der Waals surface area contributed by atoms with Gasteiger partial charge in [0.2, 0.25) is 5.88 Å². The maximum Gasteiger partial charge on any atom is 0.265 e.